The number of nitrogens with one attached hydrogen (secondary N) is 1. The number of alkyl carbamates (subject to hydrolysis) is 1. The molecule has 32 heavy (non-hydrogen) atoms. The van der Waals surface area contributed by atoms with Gasteiger partial charge in [-0.25, -0.2) is 4.79 Å². The molecule has 0 saturated heterocycles. The molecular formula is C27H33NO4. The molecule has 2 unspecified atom stereocenters. The number of fused-ring (bicyclic) bond motifs is 1. The molecule has 3 rings (SSSR count). The first-order chi connectivity index (χ1) is 15.4. The minimum atomic E-state index is -0.399. The molecule has 5 heteroatoms. The van der Waals surface area contributed by atoms with Crippen LogP contribution in [0.2, 0.25) is 0 Å². The zero-order valence-electron chi connectivity index (χ0n) is 19.2. The fraction of sp³-hybridized carbons (Fsp3) is 0.407. The molecule has 1 aliphatic rings. The van der Waals surface area contributed by atoms with Crippen molar-refractivity contribution >= 4 is 18.0 Å². The van der Waals surface area contributed by atoms with Crippen LogP contribution in [0.4, 0.5) is 4.79 Å². The lowest BCUT2D eigenvalue weighted by molar-refractivity contribution is -0.120. The molecule has 1 N–H and O–H groups in total. The van der Waals surface area contributed by atoms with Gasteiger partial charge in [-0.05, 0) is 61.9 Å². The predicted octanol–water partition coefficient (Wildman–Crippen LogP) is 5.54. The van der Waals surface area contributed by atoms with Crippen LogP contribution in [0.25, 0.3) is 6.08 Å². The van der Waals surface area contributed by atoms with Crippen LogP contribution in [-0.2, 0) is 16.0 Å². The molecule has 2 atom stereocenters. The van der Waals surface area contributed by atoms with Crippen LogP contribution < -0.4 is 10.1 Å². The van der Waals surface area contributed by atoms with Gasteiger partial charge in [0.1, 0.15) is 18.1 Å². The van der Waals surface area contributed by atoms with Gasteiger partial charge in [-0.3, -0.25) is 4.79 Å². The fourth-order valence-corrected chi connectivity index (χ4v) is 3.81. The van der Waals surface area contributed by atoms with Crippen LogP contribution >= 0.6 is 0 Å². The summed E-state index contributed by atoms with van der Waals surface area (Å²) in [6.07, 6.45) is 4.13. The minimum Gasteiger partial charge on any atom is -0.494 e. The molecule has 170 valence electrons. The first-order valence-electron chi connectivity index (χ1n) is 11.3. The van der Waals surface area contributed by atoms with Gasteiger partial charge in [0.15, 0.2) is 0 Å². The maximum atomic E-state index is 12.1. The molecule has 0 aromatic heterocycles. The second-order valence-electron chi connectivity index (χ2n) is 8.49. The number of ketones is 1. The number of carbonyl (C=O) groups is 2. The van der Waals surface area contributed by atoms with Crippen LogP contribution in [0.1, 0.15) is 56.2 Å². The van der Waals surface area contributed by atoms with E-state index in [1.807, 2.05) is 37.3 Å². The number of aryl methyl sites for hydroxylation is 1. The molecule has 0 spiro atoms. The second kappa shape index (κ2) is 11.5. The number of rotatable bonds is 11. The quantitative estimate of drug-likeness (QED) is 0.471. The number of benzene rings is 2. The van der Waals surface area contributed by atoms with E-state index in [9.17, 15) is 9.59 Å². The highest BCUT2D eigenvalue weighted by Crippen LogP contribution is 2.35. The highest BCUT2D eigenvalue weighted by molar-refractivity contribution is 5.77. The molecule has 0 heterocycles. The molecule has 0 fully saturated rings. The lowest BCUT2D eigenvalue weighted by atomic mass is 9.98. The van der Waals surface area contributed by atoms with E-state index in [4.69, 9.17) is 9.47 Å². The Morgan fingerprint density at radius 1 is 1.12 bits per heavy atom. The summed E-state index contributed by atoms with van der Waals surface area (Å²) in [6, 6.07) is 16.2. The van der Waals surface area contributed by atoms with Crippen molar-refractivity contribution in [3.63, 3.8) is 0 Å². The van der Waals surface area contributed by atoms with E-state index in [1.54, 1.807) is 6.92 Å². The van der Waals surface area contributed by atoms with Crippen molar-refractivity contribution < 1.29 is 19.1 Å². The summed E-state index contributed by atoms with van der Waals surface area (Å²) in [7, 11) is 0. The third-order valence-electron chi connectivity index (χ3n) is 6.00. The Hall–Kier alpha value is -3.08. The topological polar surface area (TPSA) is 64.6 Å². The largest absolute Gasteiger partial charge is 0.494 e. The minimum absolute atomic E-state index is 0.0776. The van der Waals surface area contributed by atoms with Crippen LogP contribution in [0.3, 0.4) is 0 Å². The summed E-state index contributed by atoms with van der Waals surface area (Å²) in [4.78, 5) is 23.4. The highest BCUT2D eigenvalue weighted by atomic mass is 16.5. The van der Waals surface area contributed by atoms with E-state index >= 15 is 0 Å². The van der Waals surface area contributed by atoms with E-state index < -0.39 is 6.09 Å². The third kappa shape index (κ3) is 6.71. The van der Waals surface area contributed by atoms with E-state index in [0.717, 1.165) is 24.2 Å². The van der Waals surface area contributed by atoms with Gasteiger partial charge < -0.3 is 14.8 Å². The number of ether oxygens (including phenoxy) is 2. The average Bonchev–Trinajstić information content (AvgIpc) is 3.10. The van der Waals surface area contributed by atoms with Crippen LogP contribution in [0.5, 0.6) is 5.75 Å². The van der Waals surface area contributed by atoms with Crippen LogP contribution in [0, 0.1) is 5.92 Å². The van der Waals surface area contributed by atoms with Crippen LogP contribution in [-0.4, -0.2) is 31.6 Å². The van der Waals surface area contributed by atoms with Gasteiger partial charge in [0.2, 0.25) is 0 Å². The van der Waals surface area contributed by atoms with Crippen LogP contribution in [0.15, 0.2) is 54.1 Å². The van der Waals surface area contributed by atoms with Crippen molar-refractivity contribution in [2.75, 3.05) is 19.8 Å². The Kier molecular flexibility index (Phi) is 8.48. The first kappa shape index (κ1) is 23.6. The van der Waals surface area contributed by atoms with E-state index in [-0.39, 0.29) is 17.6 Å². The SMILES string of the molecule is CC(=O)C(C)CCc1cccc(OCCCNC(=O)OCC2C(C)=Cc3ccccc32)c1. The molecule has 1 aliphatic carbocycles. The summed E-state index contributed by atoms with van der Waals surface area (Å²) in [6.45, 7) is 7.01. The van der Waals surface area contributed by atoms with Gasteiger partial charge in [0.25, 0.3) is 0 Å². The molecule has 2 aromatic carbocycles. The molecule has 5 nitrogen and oxygen atoms in total. The maximum Gasteiger partial charge on any atom is 0.407 e. The number of hydrogen-bond acceptors (Lipinski definition) is 4. The summed E-state index contributed by atoms with van der Waals surface area (Å²) in [5, 5.41) is 2.79. The average molecular weight is 436 g/mol. The molecule has 1 amide bonds. The van der Waals surface area contributed by atoms with E-state index in [2.05, 4.69) is 36.5 Å². The Bertz CT molecular complexity index is 966. The standard InChI is InChI=1S/C27H33NO4/c1-19(21(3)29)12-13-22-8-6-10-24(17-22)31-15-7-14-28-27(30)32-18-26-20(2)16-23-9-4-5-11-25(23)26/h4-6,8-11,16-17,19,26H,7,12-15,18H2,1-3H3,(H,28,30). The third-order valence-corrected chi connectivity index (χ3v) is 6.00. The van der Waals surface area contributed by atoms with Gasteiger partial charge in [0, 0.05) is 18.4 Å². The van der Waals surface area contributed by atoms with Gasteiger partial charge in [0.05, 0.1) is 6.61 Å². The summed E-state index contributed by atoms with van der Waals surface area (Å²) in [5.41, 5.74) is 4.79. The Morgan fingerprint density at radius 3 is 2.75 bits per heavy atom. The predicted molar refractivity (Wildman–Crippen MR) is 127 cm³/mol. The summed E-state index contributed by atoms with van der Waals surface area (Å²) < 4.78 is 11.3. The Morgan fingerprint density at radius 2 is 1.94 bits per heavy atom. The lowest BCUT2D eigenvalue weighted by Gasteiger charge is -2.15. The van der Waals surface area contributed by atoms with Gasteiger partial charge in [-0.15, -0.1) is 0 Å². The number of Topliss-reactive ketones (excluding diaryl/α,β-unsaturated/α-hetero) is 1. The smallest absolute Gasteiger partial charge is 0.407 e. The Balaban J connectivity index is 1.32. The highest BCUT2D eigenvalue weighted by Gasteiger charge is 2.23. The normalized spacial score (nSPS) is 15.5. The molecular weight excluding hydrogens is 402 g/mol. The monoisotopic (exact) mass is 435 g/mol. The number of carbonyl (C=O) groups excluding carboxylic acids is 2. The maximum absolute atomic E-state index is 12.1. The lowest BCUT2D eigenvalue weighted by Crippen LogP contribution is -2.27. The van der Waals surface area contributed by atoms with Gasteiger partial charge >= 0.3 is 6.09 Å². The van der Waals surface area contributed by atoms with Crippen molar-refractivity contribution in [3.8, 4) is 5.75 Å². The second-order valence-corrected chi connectivity index (χ2v) is 8.49. The van der Waals surface area contributed by atoms with Crippen molar-refractivity contribution in [3.05, 3.63) is 70.8 Å². The molecule has 2 aromatic rings. The summed E-state index contributed by atoms with van der Waals surface area (Å²) >= 11 is 0. The molecule has 0 radical (unpaired) electrons. The number of hydrogen-bond donors (Lipinski definition) is 1. The number of amides is 1. The van der Waals surface area contributed by atoms with Crippen molar-refractivity contribution in [1.29, 1.82) is 0 Å². The van der Waals surface area contributed by atoms with Gasteiger partial charge in [-0.1, -0.05) is 55.0 Å². The van der Waals surface area contributed by atoms with Crippen molar-refractivity contribution in [1.82, 2.24) is 5.32 Å². The zero-order chi connectivity index (χ0) is 22.9. The summed E-state index contributed by atoms with van der Waals surface area (Å²) in [5.74, 6) is 1.24. The fourth-order valence-electron chi connectivity index (χ4n) is 3.81. The zero-order valence-corrected chi connectivity index (χ0v) is 19.2. The molecule has 0 aliphatic heterocycles. The molecule has 0 saturated carbocycles. The van der Waals surface area contributed by atoms with E-state index in [1.165, 1.54) is 16.7 Å². The molecule has 0 bridgehead atoms. The van der Waals surface area contributed by atoms with Gasteiger partial charge in [-0.2, -0.15) is 0 Å². The van der Waals surface area contributed by atoms with E-state index in [0.29, 0.717) is 26.2 Å². The van der Waals surface area contributed by atoms with Crippen molar-refractivity contribution in [2.45, 2.75) is 46.0 Å². The Labute approximate surface area is 190 Å². The van der Waals surface area contributed by atoms with Crippen molar-refractivity contribution in [2.24, 2.45) is 5.92 Å². The first-order valence-corrected chi connectivity index (χ1v) is 11.3.